The number of carbonyl (C=O) groups is 1. The van der Waals surface area contributed by atoms with Gasteiger partial charge in [-0.05, 0) is 24.6 Å². The first kappa shape index (κ1) is 10.9. The molecule has 74 valence electrons. The lowest BCUT2D eigenvalue weighted by atomic mass is 10.1. The second-order valence-corrected chi connectivity index (χ2v) is 3.83. The van der Waals surface area contributed by atoms with Gasteiger partial charge in [-0.1, -0.05) is 33.2 Å². The lowest BCUT2D eigenvalue weighted by Crippen LogP contribution is -2.12. The van der Waals surface area contributed by atoms with Gasteiger partial charge in [0.25, 0.3) is 0 Å². The Morgan fingerprint density at radius 3 is 2.50 bits per heavy atom. The van der Waals surface area contributed by atoms with Crippen molar-refractivity contribution in [3.05, 3.63) is 34.3 Å². The van der Waals surface area contributed by atoms with Crippen molar-refractivity contribution in [2.24, 2.45) is 5.16 Å². The third kappa shape index (κ3) is 2.96. The molecule has 0 fully saturated rings. The van der Waals surface area contributed by atoms with Gasteiger partial charge in [0.2, 0.25) is 0 Å². The molecule has 0 radical (unpaired) electrons. The van der Waals surface area contributed by atoms with Crippen LogP contribution in [0.2, 0.25) is 0 Å². The number of hydrogen-bond donors (Lipinski definition) is 1. The SMILES string of the molecule is CC(=NO)C(=O)Cc1ccc(Br)cc1. The predicted molar refractivity (Wildman–Crippen MR) is 57.7 cm³/mol. The van der Waals surface area contributed by atoms with E-state index in [-0.39, 0.29) is 17.9 Å². The maximum Gasteiger partial charge on any atom is 0.184 e. The van der Waals surface area contributed by atoms with Crippen LogP contribution in [0.5, 0.6) is 0 Å². The molecule has 0 aliphatic carbocycles. The van der Waals surface area contributed by atoms with Crippen LogP contribution in [0.15, 0.2) is 33.9 Å². The molecule has 1 rings (SSSR count). The van der Waals surface area contributed by atoms with Gasteiger partial charge in [0.1, 0.15) is 5.71 Å². The highest BCUT2D eigenvalue weighted by Crippen LogP contribution is 2.11. The first-order valence-corrected chi connectivity index (χ1v) is 4.89. The Bertz CT molecular complexity index is 357. The Kier molecular flexibility index (Phi) is 3.83. The second kappa shape index (κ2) is 4.91. The topological polar surface area (TPSA) is 49.7 Å². The van der Waals surface area contributed by atoms with E-state index in [1.807, 2.05) is 24.3 Å². The fourth-order valence-corrected chi connectivity index (χ4v) is 1.24. The molecule has 0 aliphatic rings. The molecule has 1 N–H and O–H groups in total. The maximum atomic E-state index is 11.3. The van der Waals surface area contributed by atoms with Crippen LogP contribution < -0.4 is 0 Å². The van der Waals surface area contributed by atoms with Gasteiger partial charge >= 0.3 is 0 Å². The van der Waals surface area contributed by atoms with E-state index in [2.05, 4.69) is 21.1 Å². The minimum atomic E-state index is -0.171. The first-order valence-electron chi connectivity index (χ1n) is 4.10. The van der Waals surface area contributed by atoms with Crippen molar-refractivity contribution < 1.29 is 10.0 Å². The standard InChI is InChI=1S/C10H10BrNO2/c1-7(12-14)10(13)6-8-2-4-9(11)5-3-8/h2-5,14H,6H2,1H3. The van der Waals surface area contributed by atoms with Gasteiger partial charge in [-0.3, -0.25) is 4.79 Å². The Balaban J connectivity index is 2.70. The monoisotopic (exact) mass is 255 g/mol. The molecule has 0 saturated heterocycles. The molecule has 1 aromatic carbocycles. The number of halogens is 1. The van der Waals surface area contributed by atoms with E-state index < -0.39 is 0 Å². The second-order valence-electron chi connectivity index (χ2n) is 2.91. The van der Waals surface area contributed by atoms with Gasteiger partial charge < -0.3 is 5.21 Å². The summed E-state index contributed by atoms with van der Waals surface area (Å²) in [7, 11) is 0. The fourth-order valence-electron chi connectivity index (χ4n) is 0.971. The molecule has 0 bridgehead atoms. The van der Waals surface area contributed by atoms with E-state index >= 15 is 0 Å². The van der Waals surface area contributed by atoms with E-state index in [1.54, 1.807) is 0 Å². The Morgan fingerprint density at radius 2 is 2.00 bits per heavy atom. The average molecular weight is 256 g/mol. The number of benzene rings is 1. The molecule has 0 aromatic heterocycles. The number of Topliss-reactive ketones (excluding diaryl/α,β-unsaturated/α-hetero) is 1. The van der Waals surface area contributed by atoms with Crippen LogP contribution in [0.1, 0.15) is 12.5 Å². The van der Waals surface area contributed by atoms with Gasteiger partial charge in [-0.15, -0.1) is 0 Å². The summed E-state index contributed by atoms with van der Waals surface area (Å²) in [6, 6.07) is 7.45. The minimum absolute atomic E-state index is 0.132. The normalized spacial score (nSPS) is 11.4. The van der Waals surface area contributed by atoms with Gasteiger partial charge in [-0.25, -0.2) is 0 Å². The lowest BCUT2D eigenvalue weighted by Gasteiger charge is -1.99. The number of carbonyl (C=O) groups excluding carboxylic acids is 1. The van der Waals surface area contributed by atoms with Gasteiger partial charge in [-0.2, -0.15) is 0 Å². The van der Waals surface area contributed by atoms with Gasteiger partial charge in [0, 0.05) is 10.9 Å². The molecule has 1 aromatic rings. The highest BCUT2D eigenvalue weighted by molar-refractivity contribution is 9.10. The van der Waals surface area contributed by atoms with Crippen molar-refractivity contribution >= 4 is 27.4 Å². The highest BCUT2D eigenvalue weighted by atomic mass is 79.9. The molecule has 4 heteroatoms. The van der Waals surface area contributed by atoms with Crippen LogP contribution >= 0.6 is 15.9 Å². The molecular formula is C10H10BrNO2. The summed E-state index contributed by atoms with van der Waals surface area (Å²) in [6.07, 6.45) is 0.267. The van der Waals surface area contributed by atoms with Gasteiger partial charge in [0.15, 0.2) is 5.78 Å². The predicted octanol–water partition coefficient (Wildman–Crippen LogP) is 2.41. The van der Waals surface area contributed by atoms with E-state index in [0.29, 0.717) is 0 Å². The van der Waals surface area contributed by atoms with E-state index in [1.165, 1.54) is 6.92 Å². The summed E-state index contributed by atoms with van der Waals surface area (Å²) in [5, 5.41) is 11.2. The molecule has 3 nitrogen and oxygen atoms in total. The number of oxime groups is 1. The molecule has 0 spiro atoms. The largest absolute Gasteiger partial charge is 0.411 e. The number of rotatable bonds is 3. The number of ketones is 1. The van der Waals surface area contributed by atoms with Gasteiger partial charge in [0.05, 0.1) is 0 Å². The Labute approximate surface area is 90.6 Å². The minimum Gasteiger partial charge on any atom is -0.411 e. The lowest BCUT2D eigenvalue weighted by molar-refractivity contribution is -0.112. The zero-order chi connectivity index (χ0) is 10.6. The third-order valence-electron chi connectivity index (χ3n) is 1.83. The molecule has 0 aliphatic heterocycles. The summed E-state index contributed by atoms with van der Waals surface area (Å²) in [6.45, 7) is 1.49. The number of hydrogen-bond acceptors (Lipinski definition) is 3. The van der Waals surface area contributed by atoms with Crippen LogP contribution in [0.3, 0.4) is 0 Å². The first-order chi connectivity index (χ1) is 6.63. The van der Waals surface area contributed by atoms with Crippen LogP contribution in [0, 0.1) is 0 Å². The van der Waals surface area contributed by atoms with Crippen molar-refractivity contribution in [1.29, 1.82) is 0 Å². The summed E-state index contributed by atoms with van der Waals surface area (Å²) in [5.41, 5.74) is 1.04. The quantitative estimate of drug-likeness (QED) is 0.513. The smallest absolute Gasteiger partial charge is 0.184 e. The molecule has 0 heterocycles. The molecule has 0 amide bonds. The summed E-state index contributed by atoms with van der Waals surface area (Å²) < 4.78 is 0.973. The summed E-state index contributed by atoms with van der Waals surface area (Å²) >= 11 is 3.31. The van der Waals surface area contributed by atoms with Crippen LogP contribution in [0.25, 0.3) is 0 Å². The molecule has 14 heavy (non-hydrogen) atoms. The van der Waals surface area contributed by atoms with Crippen LogP contribution in [0.4, 0.5) is 0 Å². The molecule has 0 unspecified atom stereocenters. The van der Waals surface area contributed by atoms with Crippen molar-refractivity contribution in [3.63, 3.8) is 0 Å². The zero-order valence-corrected chi connectivity index (χ0v) is 9.28. The van der Waals surface area contributed by atoms with Crippen molar-refractivity contribution in [2.75, 3.05) is 0 Å². The van der Waals surface area contributed by atoms with Crippen molar-refractivity contribution in [3.8, 4) is 0 Å². The number of nitrogens with zero attached hydrogens (tertiary/aromatic N) is 1. The Morgan fingerprint density at radius 1 is 1.43 bits per heavy atom. The average Bonchev–Trinajstić information content (AvgIpc) is 2.20. The van der Waals surface area contributed by atoms with E-state index in [9.17, 15) is 4.79 Å². The van der Waals surface area contributed by atoms with E-state index in [4.69, 9.17) is 5.21 Å². The zero-order valence-electron chi connectivity index (χ0n) is 7.70. The Hall–Kier alpha value is -1.16. The van der Waals surface area contributed by atoms with E-state index in [0.717, 1.165) is 10.0 Å². The fraction of sp³-hybridized carbons (Fsp3) is 0.200. The third-order valence-corrected chi connectivity index (χ3v) is 2.36. The van der Waals surface area contributed by atoms with Crippen molar-refractivity contribution in [1.82, 2.24) is 0 Å². The highest BCUT2D eigenvalue weighted by Gasteiger charge is 2.07. The maximum absolute atomic E-state index is 11.3. The molecular weight excluding hydrogens is 246 g/mol. The summed E-state index contributed by atoms with van der Waals surface area (Å²) in [5.74, 6) is -0.171. The van der Waals surface area contributed by atoms with Crippen LogP contribution in [-0.2, 0) is 11.2 Å². The van der Waals surface area contributed by atoms with Crippen LogP contribution in [-0.4, -0.2) is 16.7 Å². The summed E-state index contributed by atoms with van der Waals surface area (Å²) in [4.78, 5) is 11.3. The van der Waals surface area contributed by atoms with Crippen molar-refractivity contribution in [2.45, 2.75) is 13.3 Å². The molecule has 0 saturated carbocycles. The molecule has 0 atom stereocenters.